The summed E-state index contributed by atoms with van der Waals surface area (Å²) < 4.78 is 22.2. The lowest BCUT2D eigenvalue weighted by atomic mass is 9.77. The molecule has 2 aliphatic heterocycles. The zero-order valence-corrected chi connectivity index (χ0v) is 36.7. The fourth-order valence-corrected chi connectivity index (χ4v) is 10.3. The van der Waals surface area contributed by atoms with Crippen LogP contribution in [0.1, 0.15) is 74.2 Å². The molecule has 2 unspecified atom stereocenters. The SMILES string of the molecule is COc1cc2c(cc1OC)C(=O)C(C(O)(O)C1CCN(C(O)(O)c3ccc(COc4cc5c(cc4OC)C(O)(O)C(C(O)(O)C4CCN(C(O)(O)c6ccccc6)CC4)C5=O)cc3)CC1)C2. The highest BCUT2D eigenvalue weighted by molar-refractivity contribution is 6.05. The molecule has 2 fully saturated rings. The van der Waals surface area contributed by atoms with E-state index < -0.39 is 64.4 Å². The number of piperidine rings is 2. The maximum atomic E-state index is 13.9. The molecule has 2 heterocycles. The summed E-state index contributed by atoms with van der Waals surface area (Å²) in [5, 5.41) is 113. The number of hydrogen-bond acceptors (Lipinski definition) is 18. The second-order valence-electron chi connectivity index (χ2n) is 17.8. The smallest absolute Gasteiger partial charge is 0.253 e. The van der Waals surface area contributed by atoms with Crippen molar-refractivity contribution in [2.75, 3.05) is 47.5 Å². The van der Waals surface area contributed by atoms with E-state index in [2.05, 4.69) is 0 Å². The molecule has 2 aliphatic carbocycles. The number of methoxy groups -OCH3 is 3. The zero-order chi connectivity index (χ0) is 47.6. The van der Waals surface area contributed by atoms with Crippen LogP contribution in [-0.2, 0) is 30.6 Å². The summed E-state index contributed by atoms with van der Waals surface area (Å²) in [6.07, 6.45) is 0.342. The largest absolute Gasteiger partial charge is 0.493 e. The highest BCUT2D eigenvalue weighted by Crippen LogP contribution is 2.51. The van der Waals surface area contributed by atoms with Crippen molar-refractivity contribution in [3.63, 3.8) is 0 Å². The predicted molar refractivity (Wildman–Crippen MR) is 230 cm³/mol. The number of carbonyl (C=O) groups is 2. The number of hydrogen-bond donors (Lipinski definition) is 10. The summed E-state index contributed by atoms with van der Waals surface area (Å²) in [6, 6.07) is 19.9. The first-order valence-electron chi connectivity index (χ1n) is 21.7. The lowest BCUT2D eigenvalue weighted by Gasteiger charge is -2.45. The van der Waals surface area contributed by atoms with Crippen LogP contribution < -0.4 is 18.9 Å². The van der Waals surface area contributed by atoms with E-state index in [0.29, 0.717) is 28.2 Å². The maximum Gasteiger partial charge on any atom is 0.253 e. The molecule has 10 N–H and O–H groups in total. The van der Waals surface area contributed by atoms with Crippen LogP contribution >= 0.6 is 0 Å². The Kier molecular flexibility index (Phi) is 12.6. The standard InChI is InChI=1S/C48H56N2O16/c1-63-37-22-28-21-36(41(51)33(28)23-38(37)64-2)44(53,54)29-13-17-50(18-14-29)48(61,62)32-11-9-27(10-12-32)26-66-40-24-34-35(25-39(40)65-3)46(57,58)43(42(34)52)45(55,56)30-15-19-49(20-16-30)47(59,60)31-7-5-4-6-8-31/h4-12,22-25,29-30,36,43,53-62H,13-21,26H2,1-3H3. The Morgan fingerprint density at radius 1 is 0.591 bits per heavy atom. The predicted octanol–water partition coefficient (Wildman–Crippen LogP) is 0.972. The Balaban J connectivity index is 0.892. The lowest BCUT2D eigenvalue weighted by Crippen LogP contribution is -2.58. The van der Waals surface area contributed by atoms with Crippen LogP contribution in [0.15, 0.2) is 78.9 Å². The van der Waals surface area contributed by atoms with Crippen molar-refractivity contribution in [2.24, 2.45) is 23.7 Å². The first-order chi connectivity index (χ1) is 31.2. The number of Topliss-reactive ketones (excluding diaryl/α,β-unsaturated/α-hetero) is 2. The summed E-state index contributed by atoms with van der Waals surface area (Å²) in [7, 11) is 4.22. The van der Waals surface area contributed by atoms with Gasteiger partial charge in [-0.05, 0) is 67.5 Å². The molecule has 4 aromatic rings. The van der Waals surface area contributed by atoms with Crippen molar-refractivity contribution in [2.45, 2.75) is 67.9 Å². The van der Waals surface area contributed by atoms with E-state index >= 15 is 0 Å². The molecule has 4 aliphatic rings. The number of ketones is 2. The van der Waals surface area contributed by atoms with Crippen LogP contribution in [0.3, 0.4) is 0 Å². The Morgan fingerprint density at radius 2 is 1.08 bits per heavy atom. The van der Waals surface area contributed by atoms with Crippen LogP contribution in [0.2, 0.25) is 0 Å². The number of aliphatic hydroxyl groups is 10. The van der Waals surface area contributed by atoms with Crippen LogP contribution in [-0.4, -0.2) is 132 Å². The average Bonchev–Trinajstić information content (AvgIpc) is 3.75. The highest BCUT2D eigenvalue weighted by Gasteiger charge is 2.62. The quantitative estimate of drug-likeness (QED) is 0.0789. The third-order valence-corrected chi connectivity index (χ3v) is 14.2. The Labute approximate surface area is 380 Å². The van der Waals surface area contributed by atoms with Gasteiger partial charge < -0.3 is 70.0 Å². The van der Waals surface area contributed by atoms with E-state index in [1.54, 1.807) is 54.6 Å². The van der Waals surface area contributed by atoms with E-state index in [-0.39, 0.29) is 98.6 Å². The fraction of sp³-hybridized carbons (Fsp3) is 0.458. The number of likely N-dealkylation sites (tertiary alicyclic amines) is 2. The minimum Gasteiger partial charge on any atom is -0.493 e. The molecule has 8 rings (SSSR count). The van der Waals surface area contributed by atoms with Gasteiger partial charge in [0.05, 0.1) is 27.2 Å². The summed E-state index contributed by atoms with van der Waals surface area (Å²) >= 11 is 0. The molecule has 4 aromatic carbocycles. The number of benzene rings is 4. The second kappa shape index (κ2) is 17.5. The molecular formula is C48H56N2O16. The normalized spacial score (nSPS) is 21.2. The molecule has 0 radical (unpaired) electrons. The number of nitrogens with zero attached hydrogens (tertiary/aromatic N) is 2. The molecule has 0 aromatic heterocycles. The zero-order valence-electron chi connectivity index (χ0n) is 36.7. The first-order valence-corrected chi connectivity index (χ1v) is 21.7. The summed E-state index contributed by atoms with van der Waals surface area (Å²) in [4.78, 5) is 30.0. The second-order valence-corrected chi connectivity index (χ2v) is 17.8. The number of carbonyl (C=O) groups excluding carboxylic acids is 2. The molecule has 2 saturated heterocycles. The fourth-order valence-electron chi connectivity index (χ4n) is 10.3. The van der Waals surface area contributed by atoms with E-state index in [4.69, 9.17) is 18.9 Å². The molecular weight excluding hydrogens is 861 g/mol. The van der Waals surface area contributed by atoms with Gasteiger partial charge in [-0.25, -0.2) is 9.80 Å². The van der Waals surface area contributed by atoms with E-state index in [1.165, 1.54) is 55.4 Å². The first kappa shape index (κ1) is 47.4. The van der Waals surface area contributed by atoms with Crippen molar-refractivity contribution < 1.29 is 79.6 Å². The molecule has 0 bridgehead atoms. The van der Waals surface area contributed by atoms with Crippen molar-refractivity contribution in [1.82, 2.24) is 9.80 Å². The van der Waals surface area contributed by atoms with Crippen molar-refractivity contribution in [3.05, 3.63) is 118 Å². The van der Waals surface area contributed by atoms with E-state index in [1.807, 2.05) is 0 Å². The Hall–Kier alpha value is -5.06. The van der Waals surface area contributed by atoms with Gasteiger partial charge in [-0.1, -0.05) is 54.6 Å². The van der Waals surface area contributed by atoms with Crippen LogP contribution in [0.5, 0.6) is 23.0 Å². The average molecular weight is 917 g/mol. The van der Waals surface area contributed by atoms with Gasteiger partial charge in [-0.2, -0.15) is 0 Å². The summed E-state index contributed by atoms with van der Waals surface area (Å²) in [6.45, 7) is -0.0106. The number of rotatable bonds is 14. The van der Waals surface area contributed by atoms with Gasteiger partial charge in [0.2, 0.25) is 5.79 Å². The minimum absolute atomic E-state index is 0.00874. The minimum atomic E-state index is -3.03. The third kappa shape index (κ3) is 8.14. The summed E-state index contributed by atoms with van der Waals surface area (Å²) in [5.74, 6) is -18.7. The van der Waals surface area contributed by atoms with Gasteiger partial charge in [0.25, 0.3) is 11.8 Å². The molecule has 18 nitrogen and oxygen atoms in total. The van der Waals surface area contributed by atoms with Gasteiger partial charge in [0, 0.05) is 65.8 Å². The summed E-state index contributed by atoms with van der Waals surface area (Å²) in [5.41, 5.74) is 1.29. The van der Waals surface area contributed by atoms with Gasteiger partial charge in [0.1, 0.15) is 12.5 Å². The molecule has 354 valence electrons. The number of ether oxygens (including phenoxy) is 4. The molecule has 2 atom stereocenters. The third-order valence-electron chi connectivity index (χ3n) is 14.2. The van der Waals surface area contributed by atoms with E-state index in [9.17, 15) is 60.7 Å². The molecule has 18 heteroatoms. The highest BCUT2D eigenvalue weighted by atomic mass is 16.5. The van der Waals surface area contributed by atoms with Crippen LogP contribution in [0, 0.1) is 23.7 Å². The molecule has 66 heavy (non-hydrogen) atoms. The van der Waals surface area contributed by atoms with E-state index in [0.717, 1.165) is 0 Å². The number of fused-ring (bicyclic) bond motifs is 2. The Morgan fingerprint density at radius 3 is 1.62 bits per heavy atom. The monoisotopic (exact) mass is 916 g/mol. The van der Waals surface area contributed by atoms with Crippen molar-refractivity contribution in [1.29, 1.82) is 0 Å². The molecule has 0 saturated carbocycles. The van der Waals surface area contributed by atoms with Gasteiger partial charge in [-0.3, -0.25) is 9.59 Å². The molecule has 0 spiro atoms. The topological polar surface area (TPSA) is 280 Å². The lowest BCUT2D eigenvalue weighted by molar-refractivity contribution is -0.321. The van der Waals surface area contributed by atoms with Crippen LogP contribution in [0.4, 0.5) is 0 Å². The van der Waals surface area contributed by atoms with Crippen LogP contribution in [0.25, 0.3) is 0 Å². The van der Waals surface area contributed by atoms with Crippen molar-refractivity contribution >= 4 is 11.6 Å². The van der Waals surface area contributed by atoms with Gasteiger partial charge in [0.15, 0.2) is 46.1 Å². The van der Waals surface area contributed by atoms with Gasteiger partial charge >= 0.3 is 0 Å². The Bertz CT molecular complexity index is 2440. The molecule has 0 amide bonds. The van der Waals surface area contributed by atoms with Crippen molar-refractivity contribution in [3.8, 4) is 23.0 Å². The van der Waals surface area contributed by atoms with Gasteiger partial charge in [-0.15, -0.1) is 0 Å². The maximum absolute atomic E-state index is 13.9.